The van der Waals surface area contributed by atoms with Crippen LogP contribution in [-0.2, 0) is 0 Å². The zero-order valence-corrected chi connectivity index (χ0v) is 12.7. The topological polar surface area (TPSA) is 17.1 Å². The molecule has 0 N–H and O–H groups in total. The normalized spacial score (nSPS) is 24.6. The maximum absolute atomic E-state index is 12.5. The Kier molecular flexibility index (Phi) is 4.23. The Bertz CT molecular complexity index is 425. The third-order valence-corrected chi connectivity index (χ3v) is 5.20. The van der Waals surface area contributed by atoms with Crippen molar-refractivity contribution in [3.8, 4) is 0 Å². The van der Waals surface area contributed by atoms with E-state index < -0.39 is 0 Å². The number of Topliss-reactive ketones (excluding diaryl/α,β-unsaturated/α-hetero) is 1. The fourth-order valence-corrected chi connectivity index (χ4v) is 3.36. The molecule has 0 saturated heterocycles. The second-order valence-electron chi connectivity index (χ2n) is 5.27. The van der Waals surface area contributed by atoms with Gasteiger partial charge in [0.05, 0.1) is 0 Å². The van der Waals surface area contributed by atoms with Crippen molar-refractivity contribution in [3.63, 3.8) is 0 Å². The maximum atomic E-state index is 12.5. The molecule has 1 aliphatic carbocycles. The maximum Gasteiger partial charge on any atom is 0.167 e. The highest BCUT2D eigenvalue weighted by atomic mass is 127. The number of hydrogen-bond donors (Lipinski definition) is 0. The zero-order chi connectivity index (χ0) is 12.4. The van der Waals surface area contributed by atoms with Gasteiger partial charge in [-0.05, 0) is 53.8 Å². The molecule has 17 heavy (non-hydrogen) atoms. The van der Waals surface area contributed by atoms with Gasteiger partial charge in [-0.1, -0.05) is 38.0 Å². The van der Waals surface area contributed by atoms with Gasteiger partial charge in [0.1, 0.15) is 0 Å². The lowest BCUT2D eigenvalue weighted by atomic mass is 9.78. The third kappa shape index (κ3) is 2.90. The number of carbonyl (C=O) groups excluding carboxylic acids is 1. The molecule has 2 atom stereocenters. The summed E-state index contributed by atoms with van der Waals surface area (Å²) in [7, 11) is 0. The summed E-state index contributed by atoms with van der Waals surface area (Å²) in [6.07, 6.45) is 4.64. The Balaban J connectivity index is 2.22. The van der Waals surface area contributed by atoms with Gasteiger partial charge in [-0.25, -0.2) is 0 Å². The molecule has 1 fully saturated rings. The van der Waals surface area contributed by atoms with Crippen molar-refractivity contribution in [2.45, 2.75) is 39.5 Å². The lowest BCUT2D eigenvalue weighted by molar-refractivity contribution is 0.0867. The van der Waals surface area contributed by atoms with Crippen LogP contribution >= 0.6 is 22.6 Å². The van der Waals surface area contributed by atoms with Crippen LogP contribution in [0.15, 0.2) is 18.2 Å². The highest BCUT2D eigenvalue weighted by molar-refractivity contribution is 14.1. The monoisotopic (exact) mass is 342 g/mol. The van der Waals surface area contributed by atoms with Crippen molar-refractivity contribution in [1.82, 2.24) is 0 Å². The van der Waals surface area contributed by atoms with E-state index in [0.717, 1.165) is 22.0 Å². The van der Waals surface area contributed by atoms with E-state index in [-0.39, 0.29) is 5.92 Å². The van der Waals surface area contributed by atoms with E-state index in [1.54, 1.807) is 0 Å². The summed E-state index contributed by atoms with van der Waals surface area (Å²) < 4.78 is 1.13. The minimum Gasteiger partial charge on any atom is -0.294 e. The molecular formula is C15H19IO. The molecular weight excluding hydrogens is 323 g/mol. The first-order valence-corrected chi connectivity index (χ1v) is 7.46. The number of carbonyl (C=O) groups is 1. The molecule has 1 aromatic carbocycles. The van der Waals surface area contributed by atoms with E-state index in [4.69, 9.17) is 0 Å². The first-order chi connectivity index (χ1) is 8.09. The highest BCUT2D eigenvalue weighted by Gasteiger charge is 2.27. The Morgan fingerprint density at radius 1 is 1.35 bits per heavy atom. The molecule has 1 saturated carbocycles. The van der Waals surface area contributed by atoms with Crippen LogP contribution in [0.25, 0.3) is 0 Å². The van der Waals surface area contributed by atoms with Gasteiger partial charge in [-0.2, -0.15) is 0 Å². The van der Waals surface area contributed by atoms with Crippen LogP contribution in [0.2, 0.25) is 0 Å². The molecule has 1 aromatic rings. The molecule has 2 unspecified atom stereocenters. The Morgan fingerprint density at radius 3 is 2.82 bits per heavy atom. The van der Waals surface area contributed by atoms with Gasteiger partial charge < -0.3 is 0 Å². The first kappa shape index (κ1) is 13.1. The number of halogens is 1. The fourth-order valence-electron chi connectivity index (χ4n) is 2.73. The second-order valence-corrected chi connectivity index (χ2v) is 6.35. The predicted octanol–water partition coefficient (Wildman–Crippen LogP) is 4.61. The van der Waals surface area contributed by atoms with Crippen LogP contribution < -0.4 is 0 Å². The van der Waals surface area contributed by atoms with Crippen molar-refractivity contribution in [1.29, 1.82) is 0 Å². The van der Waals surface area contributed by atoms with Crippen LogP contribution in [0.4, 0.5) is 0 Å². The van der Waals surface area contributed by atoms with Crippen molar-refractivity contribution >= 4 is 28.4 Å². The molecule has 0 radical (unpaired) electrons. The number of rotatable bonds is 2. The summed E-state index contributed by atoms with van der Waals surface area (Å²) in [6, 6.07) is 6.05. The van der Waals surface area contributed by atoms with Crippen LogP contribution in [0.1, 0.15) is 48.5 Å². The molecule has 0 aliphatic heterocycles. The van der Waals surface area contributed by atoms with E-state index in [1.807, 2.05) is 12.1 Å². The van der Waals surface area contributed by atoms with E-state index in [9.17, 15) is 4.79 Å². The molecule has 0 aromatic heterocycles. The van der Waals surface area contributed by atoms with Gasteiger partial charge in [-0.15, -0.1) is 0 Å². The molecule has 0 heterocycles. The van der Waals surface area contributed by atoms with Crippen molar-refractivity contribution < 1.29 is 4.79 Å². The standard InChI is InChI=1S/C15H19IO/c1-10-5-3-7-12(9-10)15(17)13-8-4-6-11(2)14(13)16/h4,6,8,10,12H,3,5,7,9H2,1-2H3. The lowest BCUT2D eigenvalue weighted by Gasteiger charge is -2.26. The summed E-state index contributed by atoms with van der Waals surface area (Å²) in [5, 5.41) is 0. The van der Waals surface area contributed by atoms with E-state index in [1.165, 1.54) is 18.4 Å². The fraction of sp³-hybridized carbons (Fsp3) is 0.533. The second kappa shape index (κ2) is 5.51. The highest BCUT2D eigenvalue weighted by Crippen LogP contribution is 2.32. The summed E-state index contributed by atoms with van der Waals surface area (Å²) in [6.45, 7) is 4.34. The smallest absolute Gasteiger partial charge is 0.167 e. The average molecular weight is 342 g/mol. The van der Waals surface area contributed by atoms with E-state index >= 15 is 0 Å². The molecule has 2 heteroatoms. The molecule has 0 spiro atoms. The largest absolute Gasteiger partial charge is 0.294 e. The zero-order valence-electron chi connectivity index (χ0n) is 10.5. The first-order valence-electron chi connectivity index (χ1n) is 6.39. The number of benzene rings is 1. The predicted molar refractivity (Wildman–Crippen MR) is 79.3 cm³/mol. The Morgan fingerprint density at radius 2 is 2.12 bits per heavy atom. The van der Waals surface area contributed by atoms with Crippen LogP contribution in [0, 0.1) is 22.3 Å². The average Bonchev–Trinajstić information content (AvgIpc) is 2.32. The van der Waals surface area contributed by atoms with Crippen molar-refractivity contribution in [2.75, 3.05) is 0 Å². The summed E-state index contributed by atoms with van der Waals surface area (Å²) in [4.78, 5) is 12.5. The molecule has 0 amide bonds. The van der Waals surface area contributed by atoms with Gasteiger partial charge in [-0.3, -0.25) is 4.79 Å². The van der Waals surface area contributed by atoms with E-state index in [2.05, 4.69) is 42.5 Å². The van der Waals surface area contributed by atoms with Gasteiger partial charge in [0.2, 0.25) is 0 Å². The summed E-state index contributed by atoms with van der Waals surface area (Å²) in [5.74, 6) is 1.33. The van der Waals surface area contributed by atoms with Crippen LogP contribution in [-0.4, -0.2) is 5.78 Å². The van der Waals surface area contributed by atoms with Gasteiger partial charge in [0.25, 0.3) is 0 Å². The minimum absolute atomic E-state index is 0.258. The van der Waals surface area contributed by atoms with Crippen LogP contribution in [0.5, 0.6) is 0 Å². The Hall–Kier alpha value is -0.380. The Labute approximate surface area is 117 Å². The van der Waals surface area contributed by atoms with Gasteiger partial charge >= 0.3 is 0 Å². The molecule has 1 nitrogen and oxygen atoms in total. The van der Waals surface area contributed by atoms with Gasteiger partial charge in [0, 0.05) is 15.1 Å². The van der Waals surface area contributed by atoms with Crippen molar-refractivity contribution in [2.24, 2.45) is 11.8 Å². The SMILES string of the molecule is Cc1cccc(C(=O)C2CCCC(C)C2)c1I. The lowest BCUT2D eigenvalue weighted by Crippen LogP contribution is -2.22. The number of hydrogen-bond acceptors (Lipinski definition) is 1. The summed E-state index contributed by atoms with van der Waals surface area (Å²) in [5.41, 5.74) is 2.14. The summed E-state index contributed by atoms with van der Waals surface area (Å²) >= 11 is 2.30. The molecule has 0 bridgehead atoms. The molecule has 1 aliphatic rings. The quantitative estimate of drug-likeness (QED) is 0.567. The molecule has 92 valence electrons. The van der Waals surface area contributed by atoms with Gasteiger partial charge in [0.15, 0.2) is 5.78 Å². The third-order valence-electron chi connectivity index (χ3n) is 3.76. The van der Waals surface area contributed by atoms with Crippen LogP contribution in [0.3, 0.4) is 0 Å². The van der Waals surface area contributed by atoms with E-state index in [0.29, 0.717) is 11.7 Å². The minimum atomic E-state index is 0.258. The number of aryl methyl sites for hydroxylation is 1. The molecule has 2 rings (SSSR count). The van der Waals surface area contributed by atoms with Crippen molar-refractivity contribution in [3.05, 3.63) is 32.9 Å². The number of ketones is 1.